The van der Waals surface area contributed by atoms with Crippen LogP contribution in [0.25, 0.3) is 0 Å². The standard InChI is InChI=1S/C20H30FN3O/c21-18-8-6-17(7-9-18)15-20(25)24(19-5-3-10-22-16-19)14-4-13-23-11-1-2-12-23/h6-9,19,22H,1-5,10-16H2. The van der Waals surface area contributed by atoms with Crippen LogP contribution in [0.15, 0.2) is 24.3 Å². The molecule has 2 fully saturated rings. The van der Waals surface area contributed by atoms with Gasteiger partial charge in [-0.05, 0) is 76.0 Å². The highest BCUT2D eigenvalue weighted by Crippen LogP contribution is 2.15. The van der Waals surface area contributed by atoms with E-state index in [-0.39, 0.29) is 11.7 Å². The maximum atomic E-state index is 13.1. The highest BCUT2D eigenvalue weighted by Gasteiger charge is 2.25. The number of nitrogens with zero attached hydrogens (tertiary/aromatic N) is 2. The van der Waals surface area contributed by atoms with Gasteiger partial charge in [0.1, 0.15) is 5.82 Å². The molecule has 2 saturated heterocycles. The van der Waals surface area contributed by atoms with Gasteiger partial charge in [0.2, 0.25) is 5.91 Å². The zero-order valence-corrected chi connectivity index (χ0v) is 15.1. The fourth-order valence-corrected chi connectivity index (χ4v) is 3.96. The van der Waals surface area contributed by atoms with Crippen molar-refractivity contribution in [2.75, 3.05) is 39.3 Å². The molecule has 0 aromatic heterocycles. The van der Waals surface area contributed by atoms with Crippen LogP contribution in [0, 0.1) is 5.82 Å². The first-order chi connectivity index (χ1) is 12.2. The van der Waals surface area contributed by atoms with Crippen molar-refractivity contribution in [3.05, 3.63) is 35.6 Å². The fraction of sp³-hybridized carbons (Fsp3) is 0.650. The molecule has 1 aromatic carbocycles. The molecule has 2 aliphatic heterocycles. The van der Waals surface area contributed by atoms with Crippen LogP contribution in [0.3, 0.4) is 0 Å². The van der Waals surface area contributed by atoms with Gasteiger partial charge in [0.25, 0.3) is 0 Å². The number of hydrogen-bond acceptors (Lipinski definition) is 3. The van der Waals surface area contributed by atoms with E-state index >= 15 is 0 Å². The van der Waals surface area contributed by atoms with Gasteiger partial charge in [0.05, 0.1) is 6.42 Å². The molecule has 138 valence electrons. The van der Waals surface area contributed by atoms with Crippen LogP contribution in [-0.2, 0) is 11.2 Å². The molecule has 5 heteroatoms. The summed E-state index contributed by atoms with van der Waals surface area (Å²) in [7, 11) is 0. The minimum atomic E-state index is -0.254. The first-order valence-corrected chi connectivity index (χ1v) is 9.69. The maximum absolute atomic E-state index is 13.1. The van der Waals surface area contributed by atoms with Crippen molar-refractivity contribution in [3.8, 4) is 0 Å². The lowest BCUT2D eigenvalue weighted by atomic mass is 10.0. The molecular formula is C20H30FN3O. The van der Waals surface area contributed by atoms with Crippen molar-refractivity contribution in [1.82, 2.24) is 15.1 Å². The highest BCUT2D eigenvalue weighted by atomic mass is 19.1. The Morgan fingerprint density at radius 2 is 1.96 bits per heavy atom. The molecule has 0 bridgehead atoms. The predicted molar refractivity (Wildman–Crippen MR) is 98.0 cm³/mol. The predicted octanol–water partition coefficient (Wildman–Crippen LogP) is 2.43. The third-order valence-electron chi connectivity index (χ3n) is 5.37. The zero-order valence-electron chi connectivity index (χ0n) is 15.1. The van der Waals surface area contributed by atoms with Crippen LogP contribution < -0.4 is 5.32 Å². The normalized spacial score (nSPS) is 21.4. The Morgan fingerprint density at radius 1 is 1.20 bits per heavy atom. The van der Waals surface area contributed by atoms with Gasteiger partial charge in [-0.25, -0.2) is 4.39 Å². The zero-order chi connectivity index (χ0) is 17.5. The van der Waals surface area contributed by atoms with E-state index in [2.05, 4.69) is 15.1 Å². The molecule has 0 aliphatic carbocycles. The van der Waals surface area contributed by atoms with Crippen LogP contribution in [0.2, 0.25) is 0 Å². The number of nitrogens with one attached hydrogen (secondary N) is 1. The van der Waals surface area contributed by atoms with Crippen LogP contribution in [0.4, 0.5) is 4.39 Å². The maximum Gasteiger partial charge on any atom is 0.227 e. The van der Waals surface area contributed by atoms with Crippen LogP contribution >= 0.6 is 0 Å². The summed E-state index contributed by atoms with van der Waals surface area (Å²) in [6.45, 7) is 6.25. The Hall–Kier alpha value is -1.46. The van der Waals surface area contributed by atoms with E-state index in [1.54, 1.807) is 12.1 Å². The second-order valence-electron chi connectivity index (χ2n) is 7.29. The molecule has 1 amide bonds. The molecular weight excluding hydrogens is 317 g/mol. The number of likely N-dealkylation sites (tertiary alicyclic amines) is 1. The molecule has 2 aliphatic rings. The number of hydrogen-bond donors (Lipinski definition) is 1. The number of benzene rings is 1. The molecule has 25 heavy (non-hydrogen) atoms. The summed E-state index contributed by atoms with van der Waals surface area (Å²) in [5.74, 6) is -0.0862. The number of halogens is 1. The van der Waals surface area contributed by atoms with E-state index in [1.807, 2.05) is 0 Å². The van der Waals surface area contributed by atoms with Crippen molar-refractivity contribution in [1.29, 1.82) is 0 Å². The van der Waals surface area contributed by atoms with Crippen molar-refractivity contribution >= 4 is 5.91 Å². The number of rotatable bonds is 7. The van der Waals surface area contributed by atoms with Gasteiger partial charge in [0.15, 0.2) is 0 Å². The van der Waals surface area contributed by atoms with Crippen LogP contribution in [0.1, 0.15) is 37.7 Å². The second kappa shape index (κ2) is 9.30. The lowest BCUT2D eigenvalue weighted by Gasteiger charge is -2.35. The molecule has 0 spiro atoms. The Bertz CT molecular complexity index is 536. The van der Waals surface area contributed by atoms with Gasteiger partial charge in [0, 0.05) is 19.1 Å². The monoisotopic (exact) mass is 347 g/mol. The fourth-order valence-electron chi connectivity index (χ4n) is 3.96. The Kier molecular flexibility index (Phi) is 6.82. The average Bonchev–Trinajstić information content (AvgIpc) is 3.15. The summed E-state index contributed by atoms with van der Waals surface area (Å²) in [5, 5.41) is 3.42. The van der Waals surface area contributed by atoms with Gasteiger partial charge < -0.3 is 15.1 Å². The van der Waals surface area contributed by atoms with E-state index in [0.717, 1.165) is 51.0 Å². The third-order valence-corrected chi connectivity index (χ3v) is 5.37. The van der Waals surface area contributed by atoms with Crippen molar-refractivity contribution in [3.63, 3.8) is 0 Å². The SMILES string of the molecule is O=C(Cc1ccc(F)cc1)N(CCCN1CCCC1)C1CCCNC1. The van der Waals surface area contributed by atoms with Gasteiger partial charge in [-0.15, -0.1) is 0 Å². The van der Waals surface area contributed by atoms with E-state index in [0.29, 0.717) is 12.5 Å². The minimum absolute atomic E-state index is 0.168. The largest absolute Gasteiger partial charge is 0.338 e. The molecule has 2 heterocycles. The van der Waals surface area contributed by atoms with E-state index in [9.17, 15) is 9.18 Å². The molecule has 3 rings (SSSR count). The molecule has 4 nitrogen and oxygen atoms in total. The van der Waals surface area contributed by atoms with E-state index in [1.165, 1.54) is 38.1 Å². The second-order valence-corrected chi connectivity index (χ2v) is 7.29. The quantitative estimate of drug-likeness (QED) is 0.823. The number of piperidine rings is 1. The van der Waals surface area contributed by atoms with E-state index in [4.69, 9.17) is 0 Å². The van der Waals surface area contributed by atoms with Crippen molar-refractivity contribution < 1.29 is 9.18 Å². The Balaban J connectivity index is 1.57. The van der Waals surface area contributed by atoms with Crippen LogP contribution in [0.5, 0.6) is 0 Å². The summed E-state index contributed by atoms with van der Waals surface area (Å²) in [6, 6.07) is 6.59. The van der Waals surface area contributed by atoms with Gasteiger partial charge >= 0.3 is 0 Å². The van der Waals surface area contributed by atoms with E-state index < -0.39 is 0 Å². The summed E-state index contributed by atoms with van der Waals surface area (Å²) >= 11 is 0. The van der Waals surface area contributed by atoms with Gasteiger partial charge in [-0.2, -0.15) is 0 Å². The highest BCUT2D eigenvalue weighted by molar-refractivity contribution is 5.79. The minimum Gasteiger partial charge on any atom is -0.338 e. The topological polar surface area (TPSA) is 35.6 Å². The summed E-state index contributed by atoms with van der Waals surface area (Å²) in [5.41, 5.74) is 0.889. The number of amides is 1. The lowest BCUT2D eigenvalue weighted by molar-refractivity contribution is -0.133. The Morgan fingerprint density at radius 3 is 2.64 bits per heavy atom. The Labute approximate surface area is 150 Å². The molecule has 1 unspecified atom stereocenters. The van der Waals surface area contributed by atoms with Crippen molar-refractivity contribution in [2.45, 2.75) is 44.6 Å². The molecule has 1 atom stereocenters. The molecule has 0 saturated carbocycles. The molecule has 0 radical (unpaired) electrons. The van der Waals surface area contributed by atoms with Gasteiger partial charge in [-0.3, -0.25) is 4.79 Å². The first kappa shape index (κ1) is 18.3. The summed E-state index contributed by atoms with van der Waals surface area (Å²) in [4.78, 5) is 17.5. The molecule has 1 N–H and O–H groups in total. The van der Waals surface area contributed by atoms with Crippen molar-refractivity contribution in [2.24, 2.45) is 0 Å². The summed E-state index contributed by atoms with van der Waals surface area (Å²) < 4.78 is 13.1. The summed E-state index contributed by atoms with van der Waals surface area (Å²) in [6.07, 6.45) is 6.20. The number of carbonyl (C=O) groups is 1. The van der Waals surface area contributed by atoms with Gasteiger partial charge in [-0.1, -0.05) is 12.1 Å². The molecule has 1 aromatic rings. The van der Waals surface area contributed by atoms with Crippen LogP contribution in [-0.4, -0.2) is 61.0 Å². The first-order valence-electron chi connectivity index (χ1n) is 9.69. The average molecular weight is 347 g/mol. The third kappa shape index (κ3) is 5.51. The number of carbonyl (C=O) groups excluding carboxylic acids is 1. The lowest BCUT2D eigenvalue weighted by Crippen LogP contribution is -2.50. The smallest absolute Gasteiger partial charge is 0.227 e.